The van der Waals surface area contributed by atoms with Crippen molar-refractivity contribution in [1.29, 1.82) is 0 Å². The summed E-state index contributed by atoms with van der Waals surface area (Å²) in [6, 6.07) is 16.7. The zero-order chi connectivity index (χ0) is 19.8. The lowest BCUT2D eigenvalue weighted by Crippen LogP contribution is -2.27. The van der Waals surface area contributed by atoms with Gasteiger partial charge in [-0.3, -0.25) is 9.59 Å². The van der Waals surface area contributed by atoms with Crippen LogP contribution in [-0.2, 0) is 32.1 Å². The van der Waals surface area contributed by atoms with Crippen molar-refractivity contribution in [3.05, 3.63) is 65.7 Å². The first-order valence-electron chi connectivity index (χ1n) is 8.73. The van der Waals surface area contributed by atoms with Gasteiger partial charge in [-0.1, -0.05) is 49.4 Å². The second-order valence-electron chi connectivity index (χ2n) is 6.37. The number of carboxylic acids is 1. The quantitative estimate of drug-likeness (QED) is 0.383. The molecule has 1 N–H and O–H groups in total. The van der Waals surface area contributed by atoms with Crippen molar-refractivity contribution in [2.45, 2.75) is 31.3 Å². The normalized spacial score (nSPS) is 14.3. The minimum Gasteiger partial charge on any atom is -0.611 e. The Hall–Kier alpha value is -2.15. The fourth-order valence-electron chi connectivity index (χ4n) is 2.87. The van der Waals surface area contributed by atoms with E-state index in [2.05, 4.69) is 0 Å². The third kappa shape index (κ3) is 6.20. The number of carboxylic acid groups (broad SMARTS) is 1. The minimum absolute atomic E-state index is 0.377. The van der Waals surface area contributed by atoms with Gasteiger partial charge in [0.2, 0.25) is 0 Å². The summed E-state index contributed by atoms with van der Waals surface area (Å²) in [6.45, 7) is 3.86. The molecule has 3 unspecified atom stereocenters. The molecule has 3 atom stereocenters. The number of ketones is 1. The Labute approximate surface area is 162 Å². The summed E-state index contributed by atoms with van der Waals surface area (Å²) in [7, 11) is 0. The standard InChI is InChI=1S/C21H24O5S/c1-15(20(16(2)22)21(23)24)18-8-10-19(11-9-18)27(25)13-12-26-14-17-6-4-3-5-7-17/h3-11,15,20H,12-14H2,1-2H3,(H,23,24). The molecule has 0 aliphatic carbocycles. The Kier molecular flexibility index (Phi) is 8.03. The number of ether oxygens (including phenoxy) is 1. The van der Waals surface area contributed by atoms with Crippen LogP contribution in [0.1, 0.15) is 30.9 Å². The first-order valence-corrected chi connectivity index (χ1v) is 10.0. The molecule has 0 saturated carbocycles. The second kappa shape index (κ2) is 10.3. The van der Waals surface area contributed by atoms with E-state index in [1.807, 2.05) is 30.3 Å². The van der Waals surface area contributed by atoms with Crippen LogP contribution in [0.3, 0.4) is 0 Å². The molecule has 6 heteroatoms. The number of aliphatic carboxylic acids is 1. The zero-order valence-corrected chi connectivity index (χ0v) is 16.3. The highest BCUT2D eigenvalue weighted by Gasteiger charge is 2.30. The Morgan fingerprint density at radius 3 is 2.30 bits per heavy atom. The second-order valence-corrected chi connectivity index (χ2v) is 7.94. The van der Waals surface area contributed by atoms with Crippen molar-refractivity contribution in [1.82, 2.24) is 0 Å². The lowest BCUT2D eigenvalue weighted by molar-refractivity contribution is -0.146. The minimum atomic E-state index is -1.20. The maximum atomic E-state index is 12.4. The van der Waals surface area contributed by atoms with Crippen molar-refractivity contribution in [2.75, 3.05) is 12.4 Å². The third-order valence-electron chi connectivity index (χ3n) is 4.40. The van der Waals surface area contributed by atoms with Gasteiger partial charge in [0, 0.05) is 5.92 Å². The first-order chi connectivity index (χ1) is 12.9. The van der Waals surface area contributed by atoms with Gasteiger partial charge in [0.15, 0.2) is 4.90 Å². The number of carbonyl (C=O) groups excluding carboxylic acids is 1. The van der Waals surface area contributed by atoms with Gasteiger partial charge < -0.3 is 14.4 Å². The van der Waals surface area contributed by atoms with Gasteiger partial charge in [-0.05, 0) is 41.4 Å². The summed E-state index contributed by atoms with van der Waals surface area (Å²) in [4.78, 5) is 23.5. The van der Waals surface area contributed by atoms with E-state index in [1.54, 1.807) is 31.2 Å². The van der Waals surface area contributed by atoms with Gasteiger partial charge in [0.1, 0.15) is 17.5 Å². The van der Waals surface area contributed by atoms with E-state index in [-0.39, 0.29) is 5.78 Å². The summed E-state index contributed by atoms with van der Waals surface area (Å²) >= 11 is -1.20. The molecule has 0 saturated heterocycles. The third-order valence-corrected chi connectivity index (χ3v) is 5.73. The number of Topliss-reactive ketones (excluding diaryl/α,β-unsaturated/α-hetero) is 1. The maximum absolute atomic E-state index is 12.4. The van der Waals surface area contributed by atoms with E-state index >= 15 is 0 Å². The first kappa shape index (κ1) is 21.2. The zero-order valence-electron chi connectivity index (χ0n) is 15.5. The van der Waals surface area contributed by atoms with E-state index in [9.17, 15) is 19.2 Å². The SMILES string of the molecule is CC(=O)C(C(=O)O)C(C)c1ccc([S+]([O-])CCOCc2ccccc2)cc1. The van der Waals surface area contributed by atoms with Crippen molar-refractivity contribution >= 4 is 22.9 Å². The lowest BCUT2D eigenvalue weighted by atomic mass is 9.85. The van der Waals surface area contributed by atoms with Crippen LogP contribution in [0.15, 0.2) is 59.5 Å². The fraction of sp³-hybridized carbons (Fsp3) is 0.333. The Balaban J connectivity index is 1.88. The van der Waals surface area contributed by atoms with Gasteiger partial charge in [0.25, 0.3) is 0 Å². The maximum Gasteiger partial charge on any atom is 0.314 e. The predicted molar refractivity (Wildman–Crippen MR) is 104 cm³/mol. The molecule has 0 fully saturated rings. The number of carbonyl (C=O) groups is 2. The van der Waals surface area contributed by atoms with Crippen LogP contribution in [-0.4, -0.2) is 33.8 Å². The van der Waals surface area contributed by atoms with Crippen molar-refractivity contribution < 1.29 is 24.0 Å². The van der Waals surface area contributed by atoms with Crippen LogP contribution in [0, 0.1) is 5.92 Å². The molecular formula is C21H24O5S. The van der Waals surface area contributed by atoms with Crippen molar-refractivity contribution in [2.24, 2.45) is 5.92 Å². The number of hydrogen-bond donors (Lipinski definition) is 1. The summed E-state index contributed by atoms with van der Waals surface area (Å²) in [5.74, 6) is -2.65. The molecule has 0 radical (unpaired) electrons. The molecule has 0 aliphatic rings. The van der Waals surface area contributed by atoms with Gasteiger partial charge in [0.05, 0.1) is 13.2 Å². The number of hydrogen-bond acceptors (Lipinski definition) is 4. The highest BCUT2D eigenvalue weighted by Crippen LogP contribution is 2.26. The molecule has 5 nitrogen and oxygen atoms in total. The molecular weight excluding hydrogens is 364 g/mol. The van der Waals surface area contributed by atoms with Gasteiger partial charge in [-0.15, -0.1) is 0 Å². The van der Waals surface area contributed by atoms with Crippen molar-refractivity contribution in [3.63, 3.8) is 0 Å². The van der Waals surface area contributed by atoms with E-state index in [0.29, 0.717) is 23.9 Å². The monoisotopic (exact) mass is 388 g/mol. The van der Waals surface area contributed by atoms with Crippen LogP contribution >= 0.6 is 0 Å². The van der Waals surface area contributed by atoms with E-state index < -0.39 is 29.0 Å². The van der Waals surface area contributed by atoms with Gasteiger partial charge >= 0.3 is 5.97 Å². The molecule has 2 aromatic rings. The van der Waals surface area contributed by atoms with Gasteiger partial charge in [-0.25, -0.2) is 0 Å². The summed E-state index contributed by atoms with van der Waals surface area (Å²) in [5.41, 5.74) is 1.80. The van der Waals surface area contributed by atoms with Crippen LogP contribution in [0.2, 0.25) is 0 Å². The van der Waals surface area contributed by atoms with Crippen LogP contribution in [0.5, 0.6) is 0 Å². The number of benzene rings is 2. The number of rotatable bonds is 10. The van der Waals surface area contributed by atoms with Gasteiger partial charge in [-0.2, -0.15) is 0 Å². The van der Waals surface area contributed by atoms with E-state index in [4.69, 9.17) is 4.74 Å². The average molecular weight is 388 g/mol. The van der Waals surface area contributed by atoms with E-state index in [1.165, 1.54) is 6.92 Å². The summed E-state index contributed by atoms with van der Waals surface area (Å²) < 4.78 is 17.9. The topological polar surface area (TPSA) is 86.7 Å². The van der Waals surface area contributed by atoms with Crippen molar-refractivity contribution in [3.8, 4) is 0 Å². The summed E-state index contributed by atoms with van der Waals surface area (Å²) in [5, 5.41) is 9.24. The summed E-state index contributed by atoms with van der Waals surface area (Å²) in [6.07, 6.45) is 0. The molecule has 0 heterocycles. The highest BCUT2D eigenvalue weighted by molar-refractivity contribution is 7.91. The average Bonchev–Trinajstić information content (AvgIpc) is 2.65. The molecule has 144 valence electrons. The Morgan fingerprint density at radius 1 is 1.11 bits per heavy atom. The fourth-order valence-corrected chi connectivity index (χ4v) is 3.82. The largest absolute Gasteiger partial charge is 0.611 e. The molecule has 2 aromatic carbocycles. The molecule has 0 amide bonds. The van der Waals surface area contributed by atoms with Crippen LogP contribution < -0.4 is 0 Å². The molecule has 2 rings (SSSR count). The molecule has 0 bridgehead atoms. The van der Waals surface area contributed by atoms with Crippen LogP contribution in [0.25, 0.3) is 0 Å². The Bertz CT molecular complexity index is 731. The Morgan fingerprint density at radius 2 is 1.74 bits per heavy atom. The predicted octanol–water partition coefficient (Wildman–Crippen LogP) is 3.40. The molecule has 0 aromatic heterocycles. The smallest absolute Gasteiger partial charge is 0.314 e. The molecule has 0 spiro atoms. The molecule has 0 aliphatic heterocycles. The highest BCUT2D eigenvalue weighted by atomic mass is 32.2. The van der Waals surface area contributed by atoms with Crippen LogP contribution in [0.4, 0.5) is 0 Å². The van der Waals surface area contributed by atoms with E-state index in [0.717, 1.165) is 11.1 Å². The lowest BCUT2D eigenvalue weighted by Gasteiger charge is -2.18. The molecule has 27 heavy (non-hydrogen) atoms.